The van der Waals surface area contributed by atoms with Gasteiger partial charge in [0.25, 0.3) is 0 Å². The molecule has 0 saturated heterocycles. The van der Waals surface area contributed by atoms with E-state index < -0.39 is 0 Å². The molecule has 1 aromatic carbocycles. The topological polar surface area (TPSA) is 66.2 Å². The molecule has 0 spiro atoms. The lowest BCUT2D eigenvalue weighted by Gasteiger charge is -2.12. The number of methoxy groups -OCH3 is 1. The Hall–Kier alpha value is -2.08. The van der Waals surface area contributed by atoms with Gasteiger partial charge in [0, 0.05) is 18.1 Å². The van der Waals surface area contributed by atoms with E-state index in [4.69, 9.17) is 21.1 Å². The van der Waals surface area contributed by atoms with Crippen molar-refractivity contribution in [1.82, 2.24) is 14.8 Å². The summed E-state index contributed by atoms with van der Waals surface area (Å²) in [4.78, 5) is 15.1. The summed E-state index contributed by atoms with van der Waals surface area (Å²) in [7, 11) is 3.24. The first-order valence-corrected chi connectivity index (χ1v) is 5.82. The number of benzene rings is 1. The van der Waals surface area contributed by atoms with Crippen LogP contribution < -0.4 is 9.47 Å². The Morgan fingerprint density at radius 3 is 2.84 bits per heavy atom. The molecular formula is C12H12ClN3O3. The Morgan fingerprint density at radius 1 is 1.47 bits per heavy atom. The third kappa shape index (κ3) is 2.85. The van der Waals surface area contributed by atoms with Crippen LogP contribution in [0.2, 0.25) is 5.02 Å². The van der Waals surface area contributed by atoms with Crippen molar-refractivity contribution in [2.24, 2.45) is 7.05 Å². The average Bonchev–Trinajstić information content (AvgIpc) is 2.81. The number of aryl methyl sites for hydroxylation is 1. The van der Waals surface area contributed by atoms with Crippen molar-refractivity contribution < 1.29 is 14.3 Å². The molecule has 1 aromatic heterocycles. The smallest absolute Gasteiger partial charge is 0.172 e. The maximum absolute atomic E-state index is 11.0. The first-order valence-electron chi connectivity index (χ1n) is 5.44. The van der Waals surface area contributed by atoms with E-state index in [-0.39, 0.29) is 6.61 Å². The van der Waals surface area contributed by atoms with E-state index in [1.54, 1.807) is 17.8 Å². The predicted octanol–water partition coefficient (Wildman–Crippen LogP) is 1.87. The molecule has 0 atom stereocenters. The number of ether oxygens (including phenoxy) is 2. The maximum atomic E-state index is 11.0. The van der Waals surface area contributed by atoms with Crippen LogP contribution in [0.25, 0.3) is 0 Å². The third-order valence-electron chi connectivity index (χ3n) is 2.55. The number of hydrogen-bond acceptors (Lipinski definition) is 5. The normalized spacial score (nSPS) is 10.3. The fraction of sp³-hybridized carbons (Fsp3) is 0.250. The molecular weight excluding hydrogens is 270 g/mol. The molecule has 0 aliphatic rings. The molecule has 7 heteroatoms. The highest BCUT2D eigenvalue weighted by Crippen LogP contribution is 2.34. The van der Waals surface area contributed by atoms with Crippen LogP contribution >= 0.6 is 11.6 Å². The zero-order valence-electron chi connectivity index (χ0n) is 10.5. The second-order valence-electron chi connectivity index (χ2n) is 3.73. The van der Waals surface area contributed by atoms with Crippen LogP contribution in [0.15, 0.2) is 18.5 Å². The number of carbonyl (C=O) groups excluding carboxylic acids is 1. The third-order valence-corrected chi connectivity index (χ3v) is 2.76. The number of aldehydes is 1. The van der Waals surface area contributed by atoms with Crippen molar-refractivity contribution in [3.63, 3.8) is 0 Å². The van der Waals surface area contributed by atoms with E-state index in [0.29, 0.717) is 34.2 Å². The highest BCUT2D eigenvalue weighted by atomic mass is 35.5. The summed E-state index contributed by atoms with van der Waals surface area (Å²) in [5.74, 6) is 1.37. The van der Waals surface area contributed by atoms with Crippen molar-refractivity contribution >= 4 is 17.9 Å². The fourth-order valence-electron chi connectivity index (χ4n) is 1.57. The molecule has 0 amide bonds. The minimum absolute atomic E-state index is 0.176. The Labute approximate surface area is 114 Å². The van der Waals surface area contributed by atoms with Gasteiger partial charge in [-0.2, -0.15) is 5.10 Å². The Kier molecular flexibility index (Phi) is 4.01. The van der Waals surface area contributed by atoms with Crippen molar-refractivity contribution in [1.29, 1.82) is 0 Å². The molecule has 0 radical (unpaired) electrons. The largest absolute Gasteiger partial charge is 0.493 e. The summed E-state index contributed by atoms with van der Waals surface area (Å²) in [6.07, 6.45) is 2.10. The molecule has 0 saturated carbocycles. The van der Waals surface area contributed by atoms with E-state index in [9.17, 15) is 4.79 Å². The lowest BCUT2D eigenvalue weighted by molar-refractivity contribution is 0.111. The fourth-order valence-corrected chi connectivity index (χ4v) is 1.79. The van der Waals surface area contributed by atoms with Gasteiger partial charge in [-0.15, -0.1) is 0 Å². The monoisotopic (exact) mass is 281 g/mol. The Morgan fingerprint density at radius 2 is 2.26 bits per heavy atom. The van der Waals surface area contributed by atoms with Gasteiger partial charge in [-0.3, -0.25) is 9.48 Å². The van der Waals surface area contributed by atoms with E-state index in [1.807, 2.05) is 0 Å². The van der Waals surface area contributed by atoms with Crippen LogP contribution in [-0.4, -0.2) is 28.2 Å². The minimum atomic E-state index is 0.176. The van der Waals surface area contributed by atoms with Crippen molar-refractivity contribution in [3.8, 4) is 11.5 Å². The van der Waals surface area contributed by atoms with E-state index >= 15 is 0 Å². The van der Waals surface area contributed by atoms with E-state index in [1.165, 1.54) is 19.5 Å². The second-order valence-corrected chi connectivity index (χ2v) is 4.17. The van der Waals surface area contributed by atoms with E-state index in [0.717, 1.165) is 0 Å². The van der Waals surface area contributed by atoms with Gasteiger partial charge in [0.05, 0.1) is 12.7 Å². The second kappa shape index (κ2) is 5.71. The standard InChI is InChI=1S/C12H12ClN3O3/c1-16-11(14-7-15-16)6-19-12-8(5-17)3-9(13)4-10(12)18-2/h3-5,7H,6H2,1-2H3. The van der Waals surface area contributed by atoms with Crippen molar-refractivity contribution in [2.75, 3.05) is 7.11 Å². The van der Waals surface area contributed by atoms with Crippen molar-refractivity contribution in [3.05, 3.63) is 34.9 Å². The molecule has 0 aliphatic heterocycles. The summed E-state index contributed by atoms with van der Waals surface area (Å²) >= 11 is 5.88. The summed E-state index contributed by atoms with van der Waals surface area (Å²) in [6, 6.07) is 3.10. The van der Waals surface area contributed by atoms with E-state index in [2.05, 4.69) is 10.1 Å². The van der Waals surface area contributed by atoms with Crippen LogP contribution in [0, 0.1) is 0 Å². The van der Waals surface area contributed by atoms with Gasteiger partial charge in [-0.1, -0.05) is 11.6 Å². The molecule has 19 heavy (non-hydrogen) atoms. The van der Waals surface area contributed by atoms with Gasteiger partial charge in [0.2, 0.25) is 0 Å². The summed E-state index contributed by atoms with van der Waals surface area (Å²) in [5.41, 5.74) is 0.325. The predicted molar refractivity (Wildman–Crippen MR) is 68.7 cm³/mol. The number of hydrogen-bond donors (Lipinski definition) is 0. The molecule has 2 aromatic rings. The first kappa shape index (κ1) is 13.4. The van der Waals surface area contributed by atoms with Crippen LogP contribution in [0.5, 0.6) is 11.5 Å². The molecule has 0 N–H and O–H groups in total. The molecule has 0 unspecified atom stereocenters. The highest BCUT2D eigenvalue weighted by molar-refractivity contribution is 6.31. The molecule has 1 heterocycles. The lowest BCUT2D eigenvalue weighted by atomic mass is 10.2. The quantitative estimate of drug-likeness (QED) is 0.783. The summed E-state index contributed by atoms with van der Waals surface area (Å²) in [5, 5.41) is 4.34. The Balaban J connectivity index is 2.28. The zero-order chi connectivity index (χ0) is 13.8. The SMILES string of the molecule is COc1cc(Cl)cc(C=O)c1OCc1ncnn1C. The number of rotatable bonds is 5. The summed E-state index contributed by atoms with van der Waals surface area (Å²) < 4.78 is 12.3. The van der Waals surface area contributed by atoms with Crippen molar-refractivity contribution in [2.45, 2.75) is 6.61 Å². The van der Waals surface area contributed by atoms with Gasteiger partial charge in [-0.05, 0) is 6.07 Å². The molecule has 100 valence electrons. The molecule has 0 bridgehead atoms. The van der Waals surface area contributed by atoms with Crippen LogP contribution in [0.1, 0.15) is 16.2 Å². The highest BCUT2D eigenvalue weighted by Gasteiger charge is 2.13. The van der Waals surface area contributed by atoms with Gasteiger partial charge in [0.15, 0.2) is 23.6 Å². The molecule has 6 nitrogen and oxygen atoms in total. The zero-order valence-corrected chi connectivity index (χ0v) is 11.2. The van der Waals surface area contributed by atoms with Crippen LogP contribution in [0.4, 0.5) is 0 Å². The van der Waals surface area contributed by atoms with Gasteiger partial charge in [-0.25, -0.2) is 4.98 Å². The maximum Gasteiger partial charge on any atom is 0.172 e. The average molecular weight is 282 g/mol. The number of nitrogens with zero attached hydrogens (tertiary/aromatic N) is 3. The molecule has 0 fully saturated rings. The number of aromatic nitrogens is 3. The lowest BCUT2D eigenvalue weighted by Crippen LogP contribution is -2.06. The van der Waals surface area contributed by atoms with Gasteiger partial charge >= 0.3 is 0 Å². The summed E-state index contributed by atoms with van der Waals surface area (Å²) in [6.45, 7) is 0.176. The molecule has 2 rings (SSSR count). The Bertz CT molecular complexity index is 598. The van der Waals surface area contributed by atoms with Gasteiger partial charge in [0.1, 0.15) is 12.9 Å². The van der Waals surface area contributed by atoms with Gasteiger partial charge < -0.3 is 9.47 Å². The molecule has 0 aliphatic carbocycles. The number of carbonyl (C=O) groups is 1. The first-order chi connectivity index (χ1) is 9.15. The minimum Gasteiger partial charge on any atom is -0.493 e. The number of halogens is 1. The van der Waals surface area contributed by atoms with Crippen LogP contribution in [0.3, 0.4) is 0 Å². The van der Waals surface area contributed by atoms with Crippen LogP contribution in [-0.2, 0) is 13.7 Å².